The quantitative estimate of drug-likeness (QED) is 0.837. The molecule has 2 saturated heterocycles. The normalized spacial score (nSPS) is 21.0. The molecule has 0 saturated carbocycles. The first-order valence-corrected chi connectivity index (χ1v) is 10.4. The van der Waals surface area contributed by atoms with Crippen LogP contribution in [0.25, 0.3) is 0 Å². The summed E-state index contributed by atoms with van der Waals surface area (Å²) in [5.74, 6) is 2.22. The molecule has 0 bridgehead atoms. The number of nitrogens with zero attached hydrogens (tertiary/aromatic N) is 4. The Labute approximate surface area is 139 Å². The van der Waals surface area contributed by atoms with Crippen molar-refractivity contribution in [2.45, 2.75) is 44.9 Å². The minimum absolute atomic E-state index is 0.265. The fraction of sp³-hybridized carbons (Fsp3) is 0.750. The van der Waals surface area contributed by atoms with Crippen molar-refractivity contribution >= 4 is 15.8 Å². The molecule has 3 heterocycles. The van der Waals surface area contributed by atoms with Crippen molar-refractivity contribution in [3.63, 3.8) is 0 Å². The highest BCUT2D eigenvalue weighted by Crippen LogP contribution is 2.29. The highest BCUT2D eigenvalue weighted by atomic mass is 32.2. The van der Waals surface area contributed by atoms with Gasteiger partial charge in [-0.25, -0.2) is 22.7 Å². The molecule has 0 spiro atoms. The average Bonchev–Trinajstić information content (AvgIpc) is 3.08. The number of aryl methyl sites for hydroxylation is 1. The van der Waals surface area contributed by atoms with Crippen LogP contribution in [-0.4, -0.2) is 55.1 Å². The van der Waals surface area contributed by atoms with E-state index in [9.17, 15) is 8.42 Å². The molecule has 0 radical (unpaired) electrons. The van der Waals surface area contributed by atoms with E-state index >= 15 is 0 Å². The maximum absolute atomic E-state index is 11.6. The van der Waals surface area contributed by atoms with Crippen LogP contribution >= 0.6 is 0 Å². The van der Waals surface area contributed by atoms with Gasteiger partial charge in [-0.1, -0.05) is 6.92 Å². The number of rotatable bonds is 4. The van der Waals surface area contributed by atoms with Gasteiger partial charge in [0.05, 0.1) is 6.26 Å². The van der Waals surface area contributed by atoms with E-state index < -0.39 is 10.0 Å². The average molecular weight is 338 g/mol. The van der Waals surface area contributed by atoms with Gasteiger partial charge in [0, 0.05) is 43.9 Å². The van der Waals surface area contributed by atoms with Crippen molar-refractivity contribution < 1.29 is 8.42 Å². The fourth-order valence-electron chi connectivity index (χ4n) is 3.42. The van der Waals surface area contributed by atoms with Crippen molar-refractivity contribution in [1.29, 1.82) is 0 Å². The topological polar surface area (TPSA) is 66.4 Å². The van der Waals surface area contributed by atoms with Gasteiger partial charge in [-0.05, 0) is 32.1 Å². The van der Waals surface area contributed by atoms with Crippen molar-refractivity contribution in [1.82, 2.24) is 14.3 Å². The summed E-state index contributed by atoms with van der Waals surface area (Å²) in [6.07, 6.45) is 6.26. The predicted octanol–water partition coefficient (Wildman–Crippen LogP) is 1.78. The third-order valence-corrected chi connectivity index (χ3v) is 6.17. The first-order chi connectivity index (χ1) is 11.0. The first kappa shape index (κ1) is 16.6. The Morgan fingerprint density at radius 3 is 2.35 bits per heavy atom. The molecule has 0 aliphatic carbocycles. The molecule has 2 aliphatic heterocycles. The molecular formula is C16H26N4O2S. The zero-order chi connectivity index (χ0) is 16.4. The van der Waals surface area contributed by atoms with Crippen LogP contribution in [0.15, 0.2) is 6.07 Å². The Hall–Kier alpha value is -1.21. The number of hydrogen-bond acceptors (Lipinski definition) is 5. The van der Waals surface area contributed by atoms with Gasteiger partial charge in [-0.3, -0.25) is 0 Å². The van der Waals surface area contributed by atoms with E-state index in [4.69, 9.17) is 9.97 Å². The van der Waals surface area contributed by atoms with Crippen LogP contribution < -0.4 is 4.90 Å². The van der Waals surface area contributed by atoms with Crippen LogP contribution in [0.1, 0.15) is 50.0 Å². The molecule has 6 nitrogen and oxygen atoms in total. The minimum atomic E-state index is -3.08. The molecule has 23 heavy (non-hydrogen) atoms. The van der Waals surface area contributed by atoms with Crippen LogP contribution in [0.4, 0.5) is 5.82 Å². The van der Waals surface area contributed by atoms with Crippen molar-refractivity contribution in [2.75, 3.05) is 37.3 Å². The Morgan fingerprint density at radius 2 is 1.78 bits per heavy atom. The second-order valence-corrected chi connectivity index (χ2v) is 8.54. The standard InChI is InChI=1S/C16H26N4O2S/c1-3-14-12-15(19-8-4-5-9-19)18-16(17-14)13-6-10-20(11-7-13)23(2,21)22/h12-13H,3-11H2,1-2H3. The van der Waals surface area contributed by atoms with Gasteiger partial charge in [0.25, 0.3) is 0 Å². The maximum Gasteiger partial charge on any atom is 0.211 e. The number of aromatic nitrogens is 2. The number of sulfonamides is 1. The summed E-state index contributed by atoms with van der Waals surface area (Å²) in [6.45, 7) is 5.41. The molecule has 2 fully saturated rings. The van der Waals surface area contributed by atoms with Crippen LogP contribution in [0.3, 0.4) is 0 Å². The lowest BCUT2D eigenvalue weighted by molar-refractivity contribution is 0.315. The third-order valence-electron chi connectivity index (χ3n) is 4.86. The van der Waals surface area contributed by atoms with E-state index in [1.54, 1.807) is 4.31 Å². The Kier molecular flexibility index (Phi) is 4.87. The van der Waals surface area contributed by atoms with Crippen LogP contribution in [0, 0.1) is 0 Å². The zero-order valence-corrected chi connectivity index (χ0v) is 14.8. The van der Waals surface area contributed by atoms with Crippen LogP contribution in [-0.2, 0) is 16.4 Å². The number of hydrogen-bond donors (Lipinski definition) is 0. The van der Waals surface area contributed by atoms with Crippen molar-refractivity contribution in [3.05, 3.63) is 17.6 Å². The molecule has 3 rings (SSSR count). The Morgan fingerprint density at radius 1 is 1.13 bits per heavy atom. The van der Waals surface area contributed by atoms with Gasteiger partial charge in [0.15, 0.2) is 0 Å². The molecule has 2 aliphatic rings. The largest absolute Gasteiger partial charge is 0.357 e. The molecule has 1 aromatic rings. The number of piperidine rings is 1. The van der Waals surface area contributed by atoms with Gasteiger partial charge in [0.2, 0.25) is 10.0 Å². The summed E-state index contributed by atoms with van der Waals surface area (Å²) < 4.78 is 24.9. The monoisotopic (exact) mass is 338 g/mol. The molecule has 128 valence electrons. The Bertz CT molecular complexity index is 648. The molecule has 0 atom stereocenters. The highest BCUT2D eigenvalue weighted by Gasteiger charge is 2.28. The van der Waals surface area contributed by atoms with E-state index in [1.807, 2.05) is 0 Å². The highest BCUT2D eigenvalue weighted by molar-refractivity contribution is 7.88. The second-order valence-electron chi connectivity index (χ2n) is 6.56. The van der Waals surface area contributed by atoms with Gasteiger partial charge < -0.3 is 4.90 Å². The van der Waals surface area contributed by atoms with E-state index in [0.717, 1.165) is 49.7 Å². The molecule has 0 aromatic carbocycles. The zero-order valence-electron chi connectivity index (χ0n) is 14.0. The summed E-state index contributed by atoms with van der Waals surface area (Å²) in [5.41, 5.74) is 1.09. The van der Waals surface area contributed by atoms with Crippen LogP contribution in [0.5, 0.6) is 0 Å². The second kappa shape index (κ2) is 6.73. The summed E-state index contributed by atoms with van der Waals surface area (Å²) >= 11 is 0. The maximum atomic E-state index is 11.6. The minimum Gasteiger partial charge on any atom is -0.357 e. The SMILES string of the molecule is CCc1cc(N2CCCC2)nc(C2CCN(S(C)(=O)=O)CC2)n1. The van der Waals surface area contributed by atoms with Crippen molar-refractivity contribution in [2.24, 2.45) is 0 Å². The molecule has 0 amide bonds. The van der Waals surface area contributed by atoms with E-state index in [-0.39, 0.29) is 5.92 Å². The number of anilines is 1. The van der Waals surface area contributed by atoms with Crippen LogP contribution in [0.2, 0.25) is 0 Å². The molecule has 1 aromatic heterocycles. The summed E-state index contributed by atoms with van der Waals surface area (Å²) in [4.78, 5) is 11.9. The van der Waals surface area contributed by atoms with Gasteiger partial charge in [-0.2, -0.15) is 0 Å². The molecular weight excluding hydrogens is 312 g/mol. The van der Waals surface area contributed by atoms with Gasteiger partial charge in [0.1, 0.15) is 11.6 Å². The molecule has 7 heteroatoms. The molecule has 0 unspecified atom stereocenters. The summed E-state index contributed by atoms with van der Waals surface area (Å²) in [5, 5.41) is 0. The summed E-state index contributed by atoms with van der Waals surface area (Å²) in [6, 6.07) is 2.11. The van der Waals surface area contributed by atoms with Crippen molar-refractivity contribution in [3.8, 4) is 0 Å². The lowest BCUT2D eigenvalue weighted by Gasteiger charge is -2.30. The van der Waals surface area contributed by atoms with Gasteiger partial charge in [-0.15, -0.1) is 0 Å². The third kappa shape index (κ3) is 3.83. The van der Waals surface area contributed by atoms with Gasteiger partial charge >= 0.3 is 0 Å². The fourth-order valence-corrected chi connectivity index (χ4v) is 4.29. The molecule has 0 N–H and O–H groups in total. The van der Waals surface area contributed by atoms with E-state index in [2.05, 4.69) is 17.9 Å². The Balaban J connectivity index is 1.78. The lowest BCUT2D eigenvalue weighted by atomic mass is 9.97. The van der Waals surface area contributed by atoms with E-state index in [1.165, 1.54) is 19.1 Å². The van der Waals surface area contributed by atoms with E-state index in [0.29, 0.717) is 13.1 Å². The predicted molar refractivity (Wildman–Crippen MR) is 91.2 cm³/mol. The lowest BCUT2D eigenvalue weighted by Crippen LogP contribution is -2.37. The first-order valence-electron chi connectivity index (χ1n) is 8.55. The smallest absolute Gasteiger partial charge is 0.211 e. The summed E-state index contributed by atoms with van der Waals surface area (Å²) in [7, 11) is -3.08.